The van der Waals surface area contributed by atoms with Crippen molar-refractivity contribution in [3.05, 3.63) is 70.4 Å². The van der Waals surface area contributed by atoms with Gasteiger partial charge in [0.1, 0.15) is 0 Å². The number of nitrogens with one attached hydrogen (secondary N) is 1. The van der Waals surface area contributed by atoms with Crippen LogP contribution in [0.25, 0.3) is 10.9 Å². The first-order valence-electron chi connectivity index (χ1n) is 6.46. The van der Waals surface area contributed by atoms with Gasteiger partial charge in [0.15, 0.2) is 5.78 Å². The third kappa shape index (κ3) is 2.67. The van der Waals surface area contributed by atoms with Crippen molar-refractivity contribution in [2.45, 2.75) is 6.42 Å². The molecule has 0 radical (unpaired) electrons. The number of aromatic nitrogens is 1. The van der Waals surface area contributed by atoms with E-state index in [1.165, 1.54) is 0 Å². The van der Waals surface area contributed by atoms with E-state index in [0.29, 0.717) is 16.1 Å². The van der Waals surface area contributed by atoms with Crippen LogP contribution in [0.2, 0.25) is 5.02 Å². The summed E-state index contributed by atoms with van der Waals surface area (Å²) in [5.74, 6) is -0.00129. The SMILES string of the molecule is N#Cc1ccc2[nH]cc(C(=O)Cc3cccc(Cl)c3)c2c1. The maximum absolute atomic E-state index is 12.5. The average Bonchev–Trinajstić information content (AvgIpc) is 2.90. The summed E-state index contributed by atoms with van der Waals surface area (Å²) in [5, 5.41) is 10.4. The number of fused-ring (bicyclic) bond motifs is 1. The van der Waals surface area contributed by atoms with E-state index in [2.05, 4.69) is 11.1 Å². The predicted molar refractivity (Wildman–Crippen MR) is 82.5 cm³/mol. The Labute approximate surface area is 126 Å². The smallest absolute Gasteiger partial charge is 0.169 e. The number of hydrogen-bond donors (Lipinski definition) is 1. The third-order valence-electron chi connectivity index (χ3n) is 3.36. The van der Waals surface area contributed by atoms with Crippen molar-refractivity contribution in [1.82, 2.24) is 4.98 Å². The molecule has 3 nitrogen and oxygen atoms in total. The molecule has 21 heavy (non-hydrogen) atoms. The highest BCUT2D eigenvalue weighted by molar-refractivity contribution is 6.30. The molecule has 1 N–H and O–H groups in total. The van der Waals surface area contributed by atoms with E-state index < -0.39 is 0 Å². The van der Waals surface area contributed by atoms with Crippen LogP contribution in [0.4, 0.5) is 0 Å². The van der Waals surface area contributed by atoms with Gasteiger partial charge in [-0.1, -0.05) is 23.7 Å². The zero-order valence-corrected chi connectivity index (χ0v) is 11.8. The molecule has 4 heteroatoms. The Morgan fingerprint density at radius 3 is 2.86 bits per heavy atom. The van der Waals surface area contributed by atoms with E-state index in [4.69, 9.17) is 16.9 Å². The van der Waals surface area contributed by atoms with Crippen molar-refractivity contribution >= 4 is 28.3 Å². The molecule has 3 rings (SSSR count). The molecule has 0 bridgehead atoms. The van der Waals surface area contributed by atoms with Gasteiger partial charge in [0.05, 0.1) is 11.6 Å². The van der Waals surface area contributed by atoms with Gasteiger partial charge in [-0.3, -0.25) is 4.79 Å². The highest BCUT2D eigenvalue weighted by atomic mass is 35.5. The quantitative estimate of drug-likeness (QED) is 0.739. The van der Waals surface area contributed by atoms with Gasteiger partial charge in [-0.25, -0.2) is 0 Å². The summed E-state index contributed by atoms with van der Waals surface area (Å²) in [6.07, 6.45) is 1.98. The highest BCUT2D eigenvalue weighted by Gasteiger charge is 2.13. The fourth-order valence-electron chi connectivity index (χ4n) is 2.35. The minimum Gasteiger partial charge on any atom is -0.360 e. The number of carbonyl (C=O) groups excluding carboxylic acids is 1. The van der Waals surface area contributed by atoms with Crippen molar-refractivity contribution in [2.75, 3.05) is 0 Å². The molecule has 2 aromatic carbocycles. The molecular weight excluding hydrogens is 284 g/mol. The van der Waals surface area contributed by atoms with Crippen molar-refractivity contribution in [3.8, 4) is 6.07 Å². The Bertz CT molecular complexity index is 874. The lowest BCUT2D eigenvalue weighted by Gasteiger charge is -2.01. The standard InChI is InChI=1S/C17H11ClN2O/c18-13-3-1-2-11(6-13)8-17(21)15-10-20-16-5-4-12(9-19)7-14(15)16/h1-7,10,20H,8H2. The Hall–Kier alpha value is -2.57. The van der Waals surface area contributed by atoms with Gasteiger partial charge in [-0.15, -0.1) is 0 Å². The Morgan fingerprint density at radius 2 is 2.10 bits per heavy atom. The monoisotopic (exact) mass is 294 g/mol. The van der Waals surface area contributed by atoms with Crippen LogP contribution < -0.4 is 0 Å². The summed E-state index contributed by atoms with van der Waals surface area (Å²) in [6.45, 7) is 0. The Kier molecular flexibility index (Phi) is 3.47. The van der Waals surface area contributed by atoms with Crippen LogP contribution in [0, 0.1) is 11.3 Å². The number of ketones is 1. The first-order chi connectivity index (χ1) is 10.2. The van der Waals surface area contributed by atoms with Gasteiger partial charge in [-0.2, -0.15) is 5.26 Å². The molecule has 0 atom stereocenters. The summed E-state index contributed by atoms with van der Waals surface area (Å²) >= 11 is 5.93. The largest absolute Gasteiger partial charge is 0.360 e. The number of Topliss-reactive ketones (excluding diaryl/α,β-unsaturated/α-hetero) is 1. The number of nitriles is 1. The molecule has 0 unspecified atom stereocenters. The zero-order chi connectivity index (χ0) is 14.8. The lowest BCUT2D eigenvalue weighted by Crippen LogP contribution is -2.02. The van der Waals surface area contributed by atoms with Crippen LogP contribution >= 0.6 is 11.6 Å². The van der Waals surface area contributed by atoms with Crippen LogP contribution in [0.5, 0.6) is 0 Å². The normalized spacial score (nSPS) is 10.5. The lowest BCUT2D eigenvalue weighted by molar-refractivity contribution is 0.0994. The van der Waals surface area contributed by atoms with Crippen LogP contribution in [0.3, 0.4) is 0 Å². The highest BCUT2D eigenvalue weighted by Crippen LogP contribution is 2.22. The Morgan fingerprint density at radius 1 is 1.24 bits per heavy atom. The van der Waals surface area contributed by atoms with Crippen LogP contribution in [-0.2, 0) is 6.42 Å². The summed E-state index contributed by atoms with van der Waals surface area (Å²) in [4.78, 5) is 15.5. The number of halogens is 1. The molecule has 0 aliphatic rings. The number of aromatic amines is 1. The predicted octanol–water partition coefficient (Wildman–Crippen LogP) is 4.12. The molecular formula is C17H11ClN2O. The minimum atomic E-state index is -0.00129. The first-order valence-corrected chi connectivity index (χ1v) is 6.84. The minimum absolute atomic E-state index is 0.00129. The number of benzene rings is 2. The molecule has 1 aromatic heterocycles. The van der Waals surface area contributed by atoms with Crippen LogP contribution in [0.15, 0.2) is 48.7 Å². The van der Waals surface area contributed by atoms with Crippen molar-refractivity contribution in [3.63, 3.8) is 0 Å². The van der Waals surface area contributed by atoms with Gasteiger partial charge in [0.25, 0.3) is 0 Å². The summed E-state index contributed by atoms with van der Waals surface area (Å²) in [6, 6.07) is 14.6. The number of H-pyrrole nitrogens is 1. The van der Waals surface area contributed by atoms with Gasteiger partial charge < -0.3 is 4.98 Å². The second-order valence-electron chi connectivity index (χ2n) is 4.80. The van der Waals surface area contributed by atoms with E-state index in [1.54, 1.807) is 30.5 Å². The fraction of sp³-hybridized carbons (Fsp3) is 0.0588. The van der Waals surface area contributed by atoms with Crippen LogP contribution in [-0.4, -0.2) is 10.8 Å². The van der Waals surface area contributed by atoms with Gasteiger partial charge >= 0.3 is 0 Å². The molecule has 0 amide bonds. The average molecular weight is 295 g/mol. The number of carbonyl (C=O) groups is 1. The number of rotatable bonds is 3. The van der Waals surface area contributed by atoms with Gasteiger partial charge in [0, 0.05) is 34.1 Å². The van der Waals surface area contributed by atoms with Crippen molar-refractivity contribution in [2.24, 2.45) is 0 Å². The number of nitrogens with zero attached hydrogens (tertiary/aromatic N) is 1. The van der Waals surface area contributed by atoms with E-state index in [9.17, 15) is 4.79 Å². The molecule has 0 saturated carbocycles. The van der Waals surface area contributed by atoms with Crippen molar-refractivity contribution < 1.29 is 4.79 Å². The van der Waals surface area contributed by atoms with E-state index in [-0.39, 0.29) is 12.2 Å². The second-order valence-corrected chi connectivity index (χ2v) is 5.24. The summed E-state index contributed by atoms with van der Waals surface area (Å²) in [7, 11) is 0. The van der Waals surface area contributed by atoms with Crippen LogP contribution in [0.1, 0.15) is 21.5 Å². The van der Waals surface area contributed by atoms with E-state index in [1.807, 2.05) is 18.2 Å². The third-order valence-corrected chi connectivity index (χ3v) is 3.60. The number of hydrogen-bond acceptors (Lipinski definition) is 2. The lowest BCUT2D eigenvalue weighted by atomic mass is 10.0. The molecule has 0 saturated heterocycles. The summed E-state index contributed by atoms with van der Waals surface area (Å²) < 4.78 is 0. The summed E-state index contributed by atoms with van der Waals surface area (Å²) in [5.41, 5.74) is 2.86. The first kappa shape index (κ1) is 13.4. The van der Waals surface area contributed by atoms with Crippen molar-refractivity contribution in [1.29, 1.82) is 5.26 Å². The zero-order valence-electron chi connectivity index (χ0n) is 11.1. The molecule has 1 heterocycles. The maximum Gasteiger partial charge on any atom is 0.169 e. The molecule has 0 spiro atoms. The molecule has 0 aliphatic carbocycles. The van der Waals surface area contributed by atoms with E-state index >= 15 is 0 Å². The topological polar surface area (TPSA) is 56.6 Å². The van der Waals surface area contributed by atoms with Gasteiger partial charge in [-0.05, 0) is 35.9 Å². The molecule has 0 fully saturated rings. The molecule has 3 aromatic rings. The fourth-order valence-corrected chi connectivity index (χ4v) is 2.56. The maximum atomic E-state index is 12.5. The molecule has 0 aliphatic heterocycles. The Balaban J connectivity index is 1.96. The van der Waals surface area contributed by atoms with E-state index in [0.717, 1.165) is 16.5 Å². The second kappa shape index (κ2) is 5.43. The molecule has 102 valence electrons. The van der Waals surface area contributed by atoms with Gasteiger partial charge in [0.2, 0.25) is 0 Å².